The van der Waals surface area contributed by atoms with Crippen LogP contribution < -0.4 is 15.6 Å². The summed E-state index contributed by atoms with van der Waals surface area (Å²) in [5.41, 5.74) is 0.512. The summed E-state index contributed by atoms with van der Waals surface area (Å²) in [5.74, 6) is -0.132. The first-order chi connectivity index (χ1) is 14.5. The average molecular weight is 404 g/mol. The van der Waals surface area contributed by atoms with Gasteiger partial charge in [-0.2, -0.15) is 10.2 Å². The van der Waals surface area contributed by atoms with Crippen LogP contribution in [-0.2, 0) is 9.53 Å². The van der Waals surface area contributed by atoms with Gasteiger partial charge in [0.2, 0.25) is 5.88 Å². The van der Waals surface area contributed by atoms with Gasteiger partial charge in [-0.15, -0.1) is 0 Å². The van der Waals surface area contributed by atoms with Crippen LogP contribution in [0.15, 0.2) is 59.0 Å². The molecule has 8 nitrogen and oxygen atoms in total. The van der Waals surface area contributed by atoms with Crippen molar-refractivity contribution in [3.8, 4) is 17.7 Å². The van der Waals surface area contributed by atoms with Crippen LogP contribution in [0.4, 0.5) is 0 Å². The molecule has 3 rings (SSSR count). The molecule has 2 heterocycles. The Hall–Kier alpha value is -3.96. The fraction of sp³-hybridized carbons (Fsp3) is 0.182. The Bertz CT molecular complexity index is 1190. The Balaban J connectivity index is 2.14. The van der Waals surface area contributed by atoms with E-state index in [2.05, 4.69) is 10.3 Å². The second-order valence-corrected chi connectivity index (χ2v) is 6.35. The zero-order valence-electron chi connectivity index (χ0n) is 16.6. The van der Waals surface area contributed by atoms with E-state index in [0.29, 0.717) is 18.0 Å². The van der Waals surface area contributed by atoms with Crippen molar-refractivity contribution in [3.63, 3.8) is 0 Å². The summed E-state index contributed by atoms with van der Waals surface area (Å²) in [6.07, 6.45) is 2.77. The van der Waals surface area contributed by atoms with Gasteiger partial charge in [-0.05, 0) is 36.8 Å². The van der Waals surface area contributed by atoms with Gasteiger partial charge in [-0.3, -0.25) is 14.0 Å². The number of fused-ring (bicyclic) bond motifs is 1. The van der Waals surface area contributed by atoms with E-state index >= 15 is 0 Å². The molecule has 0 bridgehead atoms. The molecule has 30 heavy (non-hydrogen) atoms. The van der Waals surface area contributed by atoms with E-state index in [4.69, 9.17) is 9.47 Å². The highest BCUT2D eigenvalue weighted by molar-refractivity contribution is 6.01. The highest BCUT2D eigenvalue weighted by Gasteiger charge is 2.17. The van der Waals surface area contributed by atoms with Crippen LogP contribution in [-0.4, -0.2) is 35.6 Å². The molecular formula is C22H20N4O4. The van der Waals surface area contributed by atoms with Crippen molar-refractivity contribution >= 4 is 17.6 Å². The fourth-order valence-corrected chi connectivity index (χ4v) is 2.75. The molecule has 1 aromatic carbocycles. The monoisotopic (exact) mass is 404 g/mol. The number of para-hydroxylation sites is 1. The van der Waals surface area contributed by atoms with Crippen molar-refractivity contribution < 1.29 is 14.3 Å². The molecule has 8 heteroatoms. The number of amides is 1. The van der Waals surface area contributed by atoms with Gasteiger partial charge in [0.15, 0.2) is 0 Å². The highest BCUT2D eigenvalue weighted by Crippen LogP contribution is 2.24. The lowest BCUT2D eigenvalue weighted by Gasteiger charge is -2.11. The second-order valence-electron chi connectivity index (χ2n) is 6.35. The SMILES string of the molecule is COCCNC(=O)/C(C#N)=C\c1c(Oc2ccccc2)nc2c(C)cccn2c1=O. The number of hydrogen-bond donors (Lipinski definition) is 1. The average Bonchev–Trinajstić information content (AvgIpc) is 2.75. The number of nitrogens with one attached hydrogen (secondary N) is 1. The number of carbonyl (C=O) groups is 1. The summed E-state index contributed by atoms with van der Waals surface area (Å²) in [5, 5.41) is 12.0. The van der Waals surface area contributed by atoms with E-state index in [1.807, 2.05) is 25.1 Å². The number of methoxy groups -OCH3 is 1. The molecule has 0 unspecified atom stereocenters. The zero-order valence-corrected chi connectivity index (χ0v) is 16.6. The van der Waals surface area contributed by atoms with Crippen LogP contribution in [0.1, 0.15) is 11.1 Å². The van der Waals surface area contributed by atoms with Gasteiger partial charge in [0, 0.05) is 19.9 Å². The lowest BCUT2D eigenvalue weighted by atomic mass is 10.1. The van der Waals surface area contributed by atoms with Crippen LogP contribution >= 0.6 is 0 Å². The number of aromatic nitrogens is 2. The van der Waals surface area contributed by atoms with Gasteiger partial charge in [0.1, 0.15) is 28.6 Å². The van der Waals surface area contributed by atoms with Gasteiger partial charge in [-0.25, -0.2) is 0 Å². The van der Waals surface area contributed by atoms with Crippen molar-refractivity contribution in [3.05, 3.63) is 75.7 Å². The topological polar surface area (TPSA) is 106 Å². The standard InChI is InChI=1S/C22H20N4O4/c1-15-7-6-11-26-19(15)25-21(30-17-8-4-3-5-9-17)18(22(26)28)13-16(14-23)20(27)24-10-12-29-2/h3-9,11,13H,10,12H2,1-2H3,(H,24,27)/b16-13-. The van der Waals surface area contributed by atoms with Crippen molar-refractivity contribution in [1.29, 1.82) is 5.26 Å². The Kier molecular flexibility index (Phi) is 6.57. The third kappa shape index (κ3) is 4.54. The molecule has 0 saturated carbocycles. The number of aryl methyl sites for hydroxylation is 1. The van der Waals surface area contributed by atoms with E-state index < -0.39 is 11.5 Å². The van der Waals surface area contributed by atoms with Gasteiger partial charge >= 0.3 is 0 Å². The molecular weight excluding hydrogens is 384 g/mol. The molecule has 0 radical (unpaired) electrons. The molecule has 1 amide bonds. The number of ether oxygens (including phenoxy) is 2. The first kappa shape index (κ1) is 20.8. The zero-order chi connectivity index (χ0) is 21.5. The number of nitriles is 1. The molecule has 0 aliphatic heterocycles. The summed E-state index contributed by atoms with van der Waals surface area (Å²) in [7, 11) is 1.50. The lowest BCUT2D eigenvalue weighted by molar-refractivity contribution is -0.117. The van der Waals surface area contributed by atoms with Crippen molar-refractivity contribution in [2.24, 2.45) is 0 Å². The van der Waals surface area contributed by atoms with Crippen LogP contribution in [0.5, 0.6) is 11.6 Å². The number of benzene rings is 1. The van der Waals surface area contributed by atoms with E-state index in [9.17, 15) is 14.9 Å². The molecule has 3 aromatic rings. The largest absolute Gasteiger partial charge is 0.438 e. The van der Waals surface area contributed by atoms with Gasteiger partial charge in [0.05, 0.1) is 6.61 Å². The number of pyridine rings is 1. The maximum atomic E-state index is 13.2. The molecule has 2 aromatic heterocycles. The number of rotatable bonds is 7. The quantitative estimate of drug-likeness (QED) is 0.368. The fourth-order valence-electron chi connectivity index (χ4n) is 2.75. The lowest BCUT2D eigenvalue weighted by Crippen LogP contribution is -2.28. The minimum absolute atomic E-state index is 0.000365. The van der Waals surface area contributed by atoms with Crippen LogP contribution in [0.25, 0.3) is 11.7 Å². The minimum Gasteiger partial charge on any atom is -0.438 e. The van der Waals surface area contributed by atoms with E-state index in [1.165, 1.54) is 17.6 Å². The van der Waals surface area contributed by atoms with E-state index in [0.717, 1.165) is 5.56 Å². The Labute approximate surface area is 173 Å². The van der Waals surface area contributed by atoms with Crippen LogP contribution in [0, 0.1) is 18.3 Å². The Morgan fingerprint density at radius 3 is 2.73 bits per heavy atom. The smallest absolute Gasteiger partial charge is 0.269 e. The van der Waals surface area contributed by atoms with Crippen LogP contribution in [0.2, 0.25) is 0 Å². The third-order valence-corrected chi connectivity index (χ3v) is 4.25. The third-order valence-electron chi connectivity index (χ3n) is 4.25. The molecule has 0 fully saturated rings. The predicted molar refractivity (Wildman–Crippen MR) is 111 cm³/mol. The van der Waals surface area contributed by atoms with Crippen molar-refractivity contribution in [2.75, 3.05) is 20.3 Å². The summed E-state index contributed by atoms with van der Waals surface area (Å²) >= 11 is 0. The summed E-state index contributed by atoms with van der Waals surface area (Å²) < 4.78 is 12.1. The summed E-state index contributed by atoms with van der Waals surface area (Å²) in [6, 6.07) is 14.2. The molecule has 0 spiro atoms. The van der Waals surface area contributed by atoms with E-state index in [1.54, 1.807) is 36.5 Å². The summed E-state index contributed by atoms with van der Waals surface area (Å²) in [4.78, 5) is 30.0. The minimum atomic E-state index is -0.617. The van der Waals surface area contributed by atoms with Crippen LogP contribution in [0.3, 0.4) is 0 Å². The van der Waals surface area contributed by atoms with Crippen molar-refractivity contribution in [1.82, 2.24) is 14.7 Å². The van der Waals surface area contributed by atoms with Gasteiger partial charge in [-0.1, -0.05) is 24.3 Å². The maximum absolute atomic E-state index is 13.2. The molecule has 0 aliphatic carbocycles. The first-order valence-corrected chi connectivity index (χ1v) is 9.19. The molecule has 0 atom stereocenters. The van der Waals surface area contributed by atoms with Crippen molar-refractivity contribution in [2.45, 2.75) is 6.92 Å². The highest BCUT2D eigenvalue weighted by atomic mass is 16.5. The second kappa shape index (κ2) is 9.49. The normalized spacial score (nSPS) is 11.2. The predicted octanol–water partition coefficient (Wildman–Crippen LogP) is 2.46. The number of nitrogens with zero attached hydrogens (tertiary/aromatic N) is 3. The number of hydrogen-bond acceptors (Lipinski definition) is 6. The number of carbonyl (C=O) groups excluding carboxylic acids is 1. The van der Waals surface area contributed by atoms with Gasteiger partial charge in [0.25, 0.3) is 11.5 Å². The molecule has 152 valence electrons. The van der Waals surface area contributed by atoms with Gasteiger partial charge < -0.3 is 14.8 Å². The molecule has 1 N–H and O–H groups in total. The first-order valence-electron chi connectivity index (χ1n) is 9.19. The molecule has 0 aliphatic rings. The van der Waals surface area contributed by atoms with E-state index in [-0.39, 0.29) is 23.6 Å². The molecule has 0 saturated heterocycles. The maximum Gasteiger partial charge on any atom is 0.269 e. The Morgan fingerprint density at radius 1 is 1.27 bits per heavy atom. The summed E-state index contributed by atoms with van der Waals surface area (Å²) in [6.45, 7) is 2.36. The Morgan fingerprint density at radius 2 is 2.03 bits per heavy atom.